The molecule has 1 aromatic carbocycles. The van der Waals surface area contributed by atoms with E-state index in [1.54, 1.807) is 31.2 Å². The molecule has 0 aliphatic carbocycles. The molecule has 11 heteroatoms. The number of hydrogen-bond donors (Lipinski definition) is 3. The topological polar surface area (TPSA) is 133 Å². The number of aliphatic hydroxyl groups is 1. The lowest BCUT2D eigenvalue weighted by atomic mass is 10.0. The number of rotatable bonds is 11. The number of nitrogens with two attached hydrogens (primary N) is 1. The third-order valence-electron chi connectivity index (χ3n) is 6.13. The molecule has 4 aromatic rings. The summed E-state index contributed by atoms with van der Waals surface area (Å²) >= 11 is 0. The first kappa shape index (κ1) is 24.6. The van der Waals surface area contributed by atoms with Gasteiger partial charge in [0.1, 0.15) is 6.61 Å². The van der Waals surface area contributed by atoms with Crippen molar-refractivity contribution < 1.29 is 9.90 Å². The average Bonchev–Trinajstić information content (AvgIpc) is 3.56. The van der Waals surface area contributed by atoms with Gasteiger partial charge in [-0.25, -0.2) is 9.97 Å². The van der Waals surface area contributed by atoms with Crippen LogP contribution >= 0.6 is 9.24 Å². The number of benzene rings is 1. The zero-order valence-electron chi connectivity index (χ0n) is 19.6. The summed E-state index contributed by atoms with van der Waals surface area (Å²) in [4.78, 5) is 33.8. The highest BCUT2D eigenvalue weighted by molar-refractivity contribution is 7.29. The normalized spacial score (nSPS) is 11.3. The highest BCUT2D eigenvalue weighted by Gasteiger charge is 2.22. The lowest BCUT2D eigenvalue weighted by molar-refractivity contribution is 0.0902. The van der Waals surface area contributed by atoms with Crippen LogP contribution in [0.2, 0.25) is 0 Å². The van der Waals surface area contributed by atoms with E-state index in [1.807, 2.05) is 33.0 Å². The number of imidazole rings is 2. The van der Waals surface area contributed by atoms with Gasteiger partial charge in [0.25, 0.3) is 0 Å². The Kier molecular flexibility index (Phi) is 7.63. The minimum absolute atomic E-state index is 0.0563. The number of carbonyl (C=O) groups excluding carboxylic acids is 1. The van der Waals surface area contributed by atoms with Crippen molar-refractivity contribution in [1.29, 1.82) is 0 Å². The van der Waals surface area contributed by atoms with Crippen LogP contribution in [0.1, 0.15) is 28.8 Å². The Labute approximate surface area is 205 Å². The second kappa shape index (κ2) is 10.8. The van der Waals surface area contributed by atoms with Crippen LogP contribution in [0.5, 0.6) is 0 Å². The number of aryl methyl sites for hydroxylation is 3. The van der Waals surface area contributed by atoms with Crippen LogP contribution in [-0.4, -0.2) is 47.7 Å². The number of hydrogen-bond acceptors (Lipinski definition) is 7. The second-order valence-electron chi connectivity index (χ2n) is 8.43. The summed E-state index contributed by atoms with van der Waals surface area (Å²) in [6.07, 6.45) is 14.0. The van der Waals surface area contributed by atoms with Crippen LogP contribution in [0.3, 0.4) is 0 Å². The lowest BCUT2D eigenvalue weighted by Crippen LogP contribution is -2.26. The van der Waals surface area contributed by atoms with Gasteiger partial charge >= 0.3 is 0 Å². The molecule has 10 nitrogen and oxygen atoms in total. The van der Waals surface area contributed by atoms with E-state index >= 15 is 0 Å². The van der Waals surface area contributed by atoms with Gasteiger partial charge in [-0.1, -0.05) is 0 Å². The number of Topliss-reactive ketones (excluding diaryl/α,β-unsaturated/α-hetero) is 1. The third-order valence-corrected chi connectivity index (χ3v) is 6.69. The number of ketones is 1. The van der Waals surface area contributed by atoms with Crippen LogP contribution in [0.4, 0.5) is 11.4 Å². The van der Waals surface area contributed by atoms with Gasteiger partial charge in [-0.05, 0) is 25.3 Å². The Bertz CT molecular complexity index is 1380. The molecule has 0 saturated heterocycles. The maximum atomic E-state index is 13.3. The fourth-order valence-electron chi connectivity index (χ4n) is 4.27. The van der Waals surface area contributed by atoms with Crippen molar-refractivity contribution in [3.8, 4) is 0 Å². The van der Waals surface area contributed by atoms with E-state index in [-0.39, 0.29) is 5.56 Å². The first-order chi connectivity index (χ1) is 16.9. The quantitative estimate of drug-likeness (QED) is 0.124. The zero-order valence-corrected chi connectivity index (χ0v) is 20.8. The molecule has 0 fully saturated rings. The Morgan fingerprint density at radius 2 is 1.77 bits per heavy atom. The summed E-state index contributed by atoms with van der Waals surface area (Å²) in [5.41, 5.74) is 8.59. The number of anilines is 2. The number of nitrogen functional groups attached to an aromatic ring is 1. The van der Waals surface area contributed by atoms with Gasteiger partial charge in [0.05, 0.1) is 29.1 Å². The van der Waals surface area contributed by atoms with Crippen molar-refractivity contribution in [2.24, 2.45) is 0 Å². The largest absolute Gasteiger partial charge is 0.398 e. The number of carbonyl (C=O) groups is 1. The van der Waals surface area contributed by atoms with Crippen molar-refractivity contribution in [1.82, 2.24) is 23.7 Å². The third kappa shape index (κ3) is 5.13. The molecule has 0 radical (unpaired) electrons. The standard InChI is InChI=1S/C24H30N7O3P/c1-16-20(25)19-22(24(35)21(16)28-4-2-7-29-10-5-26-14-29)31(9-3-8-30-11-6-27-15-30)12-17(23(19)34)18(33)13-32/h5-6,10-12,14-15,28,32H,2-4,7-9,13,25,35H2,1H3. The van der Waals surface area contributed by atoms with Gasteiger partial charge in [0, 0.05) is 73.8 Å². The molecule has 0 bridgehead atoms. The molecule has 4 rings (SSSR count). The van der Waals surface area contributed by atoms with Gasteiger partial charge in [-0.15, -0.1) is 9.24 Å². The molecule has 35 heavy (non-hydrogen) atoms. The summed E-state index contributed by atoms with van der Waals surface area (Å²) in [6.45, 7) is 3.93. The number of fused-ring (bicyclic) bond motifs is 1. The molecular formula is C24H30N7O3P. The number of nitrogens with one attached hydrogen (secondary N) is 1. The molecule has 184 valence electrons. The first-order valence-corrected chi connectivity index (χ1v) is 12.0. The summed E-state index contributed by atoms with van der Waals surface area (Å²) in [5, 5.41) is 14.0. The SMILES string of the molecule is Cc1c(NCCCn2ccnc2)c(P)c2c(c1N)c(=O)c(C(=O)CO)cn2CCCn1ccnc1. The molecule has 1 unspecified atom stereocenters. The van der Waals surface area contributed by atoms with Crippen LogP contribution in [0.15, 0.2) is 48.4 Å². The van der Waals surface area contributed by atoms with Gasteiger partial charge in [-0.3, -0.25) is 9.59 Å². The number of pyridine rings is 1. The predicted molar refractivity (Wildman–Crippen MR) is 140 cm³/mol. The Hall–Kier alpha value is -3.49. The van der Waals surface area contributed by atoms with Crippen molar-refractivity contribution in [2.45, 2.75) is 39.4 Å². The molecule has 4 N–H and O–H groups in total. The van der Waals surface area contributed by atoms with Gasteiger partial charge in [-0.2, -0.15) is 0 Å². The minimum Gasteiger partial charge on any atom is -0.398 e. The van der Waals surface area contributed by atoms with E-state index < -0.39 is 17.8 Å². The molecule has 0 aliphatic heterocycles. The van der Waals surface area contributed by atoms with E-state index in [1.165, 1.54) is 0 Å². The van der Waals surface area contributed by atoms with E-state index in [9.17, 15) is 14.7 Å². The number of aliphatic hydroxyl groups excluding tert-OH is 1. The van der Waals surface area contributed by atoms with Gasteiger partial charge in [0.15, 0.2) is 5.78 Å². The average molecular weight is 496 g/mol. The molecule has 0 spiro atoms. The van der Waals surface area contributed by atoms with E-state index in [4.69, 9.17) is 5.73 Å². The fraction of sp³-hybridized carbons (Fsp3) is 0.333. The molecule has 0 amide bonds. The van der Waals surface area contributed by atoms with Crippen LogP contribution in [0, 0.1) is 6.92 Å². The summed E-state index contributed by atoms with van der Waals surface area (Å²) < 4.78 is 5.88. The maximum absolute atomic E-state index is 13.3. The van der Waals surface area contributed by atoms with Crippen LogP contribution < -0.4 is 21.8 Å². The Balaban J connectivity index is 1.71. The highest BCUT2D eigenvalue weighted by atomic mass is 31.0. The second-order valence-corrected chi connectivity index (χ2v) is 9.01. The van der Waals surface area contributed by atoms with Crippen molar-refractivity contribution in [2.75, 3.05) is 24.2 Å². The maximum Gasteiger partial charge on any atom is 0.202 e. The monoisotopic (exact) mass is 495 g/mol. The minimum atomic E-state index is -0.737. The van der Waals surface area contributed by atoms with Crippen molar-refractivity contribution in [3.05, 3.63) is 65.0 Å². The van der Waals surface area contributed by atoms with E-state index in [0.717, 1.165) is 42.5 Å². The summed E-state index contributed by atoms with van der Waals surface area (Å²) in [6, 6.07) is 0. The summed E-state index contributed by atoms with van der Waals surface area (Å²) in [7, 11) is 2.74. The molecule has 3 aromatic heterocycles. The molecule has 3 heterocycles. The summed E-state index contributed by atoms with van der Waals surface area (Å²) in [5.74, 6) is -0.621. The van der Waals surface area contributed by atoms with Gasteiger partial charge < -0.3 is 29.9 Å². The Morgan fingerprint density at radius 1 is 1.11 bits per heavy atom. The number of nitrogens with zero attached hydrogens (tertiary/aromatic N) is 5. The van der Waals surface area contributed by atoms with Gasteiger partial charge in [0.2, 0.25) is 5.43 Å². The van der Waals surface area contributed by atoms with Crippen LogP contribution in [0.25, 0.3) is 10.9 Å². The predicted octanol–water partition coefficient (Wildman–Crippen LogP) is 1.55. The Morgan fingerprint density at radius 3 is 2.37 bits per heavy atom. The smallest absolute Gasteiger partial charge is 0.202 e. The lowest BCUT2D eigenvalue weighted by Gasteiger charge is -2.22. The molecule has 1 atom stereocenters. The molecule has 0 saturated carbocycles. The van der Waals surface area contributed by atoms with Crippen molar-refractivity contribution >= 4 is 42.6 Å². The molecule has 0 aliphatic rings. The van der Waals surface area contributed by atoms with Crippen LogP contribution in [-0.2, 0) is 19.6 Å². The van der Waals surface area contributed by atoms with E-state index in [0.29, 0.717) is 29.7 Å². The number of aromatic nitrogens is 5. The highest BCUT2D eigenvalue weighted by Crippen LogP contribution is 2.30. The van der Waals surface area contributed by atoms with E-state index in [2.05, 4.69) is 24.5 Å². The zero-order chi connectivity index (χ0) is 24.9. The first-order valence-electron chi connectivity index (χ1n) is 11.5. The molecular weight excluding hydrogens is 465 g/mol. The fourth-order valence-corrected chi connectivity index (χ4v) is 4.90. The van der Waals surface area contributed by atoms with Crippen molar-refractivity contribution in [3.63, 3.8) is 0 Å².